The summed E-state index contributed by atoms with van der Waals surface area (Å²) in [6.07, 6.45) is 5.24. The monoisotopic (exact) mass is 166 g/mol. The van der Waals surface area contributed by atoms with E-state index in [1.165, 1.54) is 0 Å². The van der Waals surface area contributed by atoms with Gasteiger partial charge in [-0.05, 0) is 19.8 Å². The lowest BCUT2D eigenvalue weighted by molar-refractivity contribution is 0.855. The zero-order chi connectivity index (χ0) is 9.40. The van der Waals surface area contributed by atoms with Crippen LogP contribution in [-0.4, -0.2) is 0 Å². The highest BCUT2D eigenvalue weighted by Gasteiger charge is 1.91. The summed E-state index contributed by atoms with van der Waals surface area (Å²) in [5.41, 5.74) is 1.83. The van der Waals surface area contributed by atoms with Crippen molar-refractivity contribution in [1.82, 2.24) is 0 Å². The van der Waals surface area contributed by atoms with Crippen LogP contribution in [0, 0.1) is 0 Å². The summed E-state index contributed by atoms with van der Waals surface area (Å²) in [7, 11) is 0. The van der Waals surface area contributed by atoms with Gasteiger partial charge in [0, 0.05) is 0 Å². The van der Waals surface area contributed by atoms with Gasteiger partial charge in [0.15, 0.2) is 0 Å². The van der Waals surface area contributed by atoms with Gasteiger partial charge < -0.3 is 0 Å². The molecule has 0 amide bonds. The molecule has 0 fully saturated rings. The first-order valence-corrected chi connectivity index (χ1v) is 4.47. The lowest BCUT2D eigenvalue weighted by atomic mass is 10.2. The van der Waals surface area contributed by atoms with Crippen LogP contribution in [0.2, 0.25) is 0 Å². The molecule has 0 aliphatic carbocycles. The highest BCUT2D eigenvalue weighted by Crippen LogP contribution is 2.09. The summed E-state index contributed by atoms with van der Waals surface area (Å²) in [4.78, 5) is 0. The van der Waals surface area contributed by atoms with Gasteiger partial charge in [0.1, 0.15) is 0 Å². The van der Waals surface area contributed by atoms with E-state index in [2.05, 4.69) is 36.7 Å². The van der Waals surface area contributed by atoms with Crippen molar-refractivity contribution in [2.45, 2.75) is 40.0 Å². The van der Waals surface area contributed by atoms with Gasteiger partial charge in [0.2, 0.25) is 0 Å². The van der Waals surface area contributed by atoms with E-state index in [4.69, 9.17) is 0 Å². The van der Waals surface area contributed by atoms with E-state index in [-0.39, 0.29) is 0 Å². The summed E-state index contributed by atoms with van der Waals surface area (Å²) in [6.45, 7) is 9.75. The van der Waals surface area contributed by atoms with Crippen molar-refractivity contribution in [1.29, 1.82) is 0 Å². The molecule has 0 heterocycles. The molecule has 0 aromatic carbocycles. The van der Waals surface area contributed by atoms with Crippen LogP contribution in [-0.2, 0) is 0 Å². The van der Waals surface area contributed by atoms with E-state index in [9.17, 15) is 0 Å². The Labute approximate surface area is 75.1 Å². The maximum absolute atomic E-state index is 4.09. The van der Waals surface area contributed by atoms with Gasteiger partial charge in [-0.25, -0.2) is 0 Å². The first-order valence-electron chi connectivity index (χ1n) is 4.47. The number of azo groups is 1. The molecule has 0 radical (unpaired) electrons. The number of allylic oxidation sites excluding steroid dienone is 3. The lowest BCUT2D eigenvalue weighted by Gasteiger charge is -1.96. The summed E-state index contributed by atoms with van der Waals surface area (Å²) in [6, 6.07) is 0. The average Bonchev–Trinajstić information content (AvgIpc) is 2.01. The zero-order valence-electron chi connectivity index (χ0n) is 8.30. The van der Waals surface area contributed by atoms with Crippen LogP contribution in [0.1, 0.15) is 40.0 Å². The molecule has 0 rings (SSSR count). The van der Waals surface area contributed by atoms with Crippen LogP contribution in [0.15, 0.2) is 34.3 Å². The second-order valence-corrected chi connectivity index (χ2v) is 2.79. The molecule has 2 heteroatoms. The SMILES string of the molecule is C=C(C)N=N/C(=C\CC)CCC. The Morgan fingerprint density at radius 3 is 2.42 bits per heavy atom. The molecule has 0 atom stereocenters. The Hall–Kier alpha value is -0.920. The van der Waals surface area contributed by atoms with Gasteiger partial charge in [0.25, 0.3) is 0 Å². The van der Waals surface area contributed by atoms with Crippen molar-refractivity contribution in [3.63, 3.8) is 0 Å². The molecule has 0 saturated carbocycles. The highest BCUT2D eigenvalue weighted by atomic mass is 15.1. The fraction of sp³-hybridized carbons (Fsp3) is 0.600. The van der Waals surface area contributed by atoms with Crippen molar-refractivity contribution in [2.75, 3.05) is 0 Å². The van der Waals surface area contributed by atoms with Crippen LogP contribution in [0.4, 0.5) is 0 Å². The second-order valence-electron chi connectivity index (χ2n) is 2.79. The Morgan fingerprint density at radius 2 is 2.00 bits per heavy atom. The first kappa shape index (κ1) is 11.1. The van der Waals surface area contributed by atoms with Crippen molar-refractivity contribution in [3.05, 3.63) is 24.0 Å². The van der Waals surface area contributed by atoms with Crippen LogP contribution in [0.3, 0.4) is 0 Å². The van der Waals surface area contributed by atoms with Gasteiger partial charge in [-0.1, -0.05) is 32.9 Å². The minimum atomic E-state index is 0.758. The normalized spacial score (nSPS) is 12.4. The molecule has 0 saturated heterocycles. The molecule has 2 nitrogen and oxygen atoms in total. The molecule has 12 heavy (non-hydrogen) atoms. The predicted molar refractivity (Wildman–Crippen MR) is 53.0 cm³/mol. The third-order valence-corrected chi connectivity index (χ3v) is 1.30. The molecule has 0 aliphatic rings. The van der Waals surface area contributed by atoms with Crippen LogP contribution in [0.25, 0.3) is 0 Å². The summed E-state index contributed by atoms with van der Waals surface area (Å²) in [5.74, 6) is 0. The maximum Gasteiger partial charge on any atom is 0.0590 e. The van der Waals surface area contributed by atoms with Crippen LogP contribution >= 0.6 is 0 Å². The van der Waals surface area contributed by atoms with Crippen molar-refractivity contribution in [3.8, 4) is 0 Å². The quantitative estimate of drug-likeness (QED) is 0.550. The molecular formula is C10H18N2. The Bertz CT molecular complexity index is 190. The Kier molecular flexibility index (Phi) is 6.25. The molecule has 0 aromatic heterocycles. The van der Waals surface area contributed by atoms with Crippen molar-refractivity contribution in [2.24, 2.45) is 10.2 Å². The van der Waals surface area contributed by atoms with Gasteiger partial charge >= 0.3 is 0 Å². The fourth-order valence-electron chi connectivity index (χ4n) is 0.834. The van der Waals surface area contributed by atoms with E-state index >= 15 is 0 Å². The van der Waals surface area contributed by atoms with E-state index in [0.29, 0.717) is 0 Å². The first-order chi connectivity index (χ1) is 5.70. The zero-order valence-corrected chi connectivity index (χ0v) is 8.30. The predicted octanol–water partition coefficient (Wildman–Crippen LogP) is 4.07. The molecule has 0 unspecified atom stereocenters. The third kappa shape index (κ3) is 5.83. The Morgan fingerprint density at radius 1 is 1.33 bits per heavy atom. The summed E-state index contributed by atoms with van der Waals surface area (Å²) >= 11 is 0. The van der Waals surface area contributed by atoms with Crippen molar-refractivity contribution < 1.29 is 0 Å². The van der Waals surface area contributed by atoms with Crippen LogP contribution in [0.5, 0.6) is 0 Å². The molecule has 68 valence electrons. The number of rotatable bonds is 5. The standard InChI is InChI=1S/C10H18N2/c1-5-7-10(8-6-2)12-11-9(3)4/h7H,3,5-6,8H2,1-2,4H3/b10-7-,12-11?. The smallest absolute Gasteiger partial charge is 0.0590 e. The third-order valence-electron chi connectivity index (χ3n) is 1.30. The highest BCUT2D eigenvalue weighted by molar-refractivity contribution is 4.99. The maximum atomic E-state index is 4.09. The fourth-order valence-corrected chi connectivity index (χ4v) is 0.834. The largest absolute Gasteiger partial charge is 0.156 e. The number of hydrogen-bond donors (Lipinski definition) is 0. The molecule has 0 aliphatic heterocycles. The van der Waals surface area contributed by atoms with Gasteiger partial charge in [-0.15, -0.1) is 0 Å². The minimum absolute atomic E-state index is 0.758. The average molecular weight is 166 g/mol. The molecule has 0 spiro atoms. The van der Waals surface area contributed by atoms with Crippen molar-refractivity contribution >= 4 is 0 Å². The van der Waals surface area contributed by atoms with Gasteiger partial charge in [0.05, 0.1) is 11.4 Å². The molecule has 0 N–H and O–H groups in total. The minimum Gasteiger partial charge on any atom is -0.156 e. The van der Waals surface area contributed by atoms with E-state index < -0.39 is 0 Å². The van der Waals surface area contributed by atoms with Gasteiger partial charge in [-0.2, -0.15) is 10.2 Å². The number of hydrogen-bond acceptors (Lipinski definition) is 2. The second kappa shape index (κ2) is 6.77. The topological polar surface area (TPSA) is 24.7 Å². The van der Waals surface area contributed by atoms with Crippen LogP contribution < -0.4 is 0 Å². The summed E-state index contributed by atoms with van der Waals surface area (Å²) < 4.78 is 0. The van der Waals surface area contributed by atoms with Gasteiger partial charge in [-0.3, -0.25) is 0 Å². The van der Waals surface area contributed by atoms with E-state index in [1.54, 1.807) is 0 Å². The molecule has 0 aromatic rings. The lowest BCUT2D eigenvalue weighted by Crippen LogP contribution is -1.77. The summed E-state index contributed by atoms with van der Waals surface area (Å²) in [5, 5.41) is 8.01. The molecule has 0 bridgehead atoms. The van der Waals surface area contributed by atoms with E-state index in [1.807, 2.05) is 6.92 Å². The number of nitrogens with zero attached hydrogens (tertiary/aromatic N) is 2. The Balaban J connectivity index is 4.12. The van der Waals surface area contributed by atoms with E-state index in [0.717, 1.165) is 30.7 Å². The molecular weight excluding hydrogens is 148 g/mol.